The van der Waals surface area contributed by atoms with Crippen LogP contribution in [-0.4, -0.2) is 187 Å². The van der Waals surface area contributed by atoms with Crippen molar-refractivity contribution in [3.05, 3.63) is 100 Å². The van der Waals surface area contributed by atoms with Crippen molar-refractivity contribution in [3.8, 4) is 5.88 Å². The first-order valence-electron chi connectivity index (χ1n) is 47.3. The van der Waals surface area contributed by atoms with Gasteiger partial charge in [-0.05, 0) is 80.8 Å². The van der Waals surface area contributed by atoms with Crippen LogP contribution < -0.4 is 36.9 Å². The molecule has 2 unspecified atom stereocenters. The minimum atomic E-state index is -4.77. The van der Waals surface area contributed by atoms with Gasteiger partial charge in [-0.3, -0.25) is 71.4 Å². The highest BCUT2D eigenvalue weighted by atomic mass is 32.7. The Kier molecular flexibility index (Phi) is 53.1. The van der Waals surface area contributed by atoms with Gasteiger partial charge in [0.1, 0.15) is 56.0 Å². The predicted molar refractivity (Wildman–Crippen MR) is 509 cm³/mol. The molecule has 2 fully saturated rings. The molecule has 133 heavy (non-hydrogen) atoms. The number of carbonyl (C=O) groups is 8. The van der Waals surface area contributed by atoms with E-state index < -0.39 is 157 Å². The number of aromatic nitrogens is 6. The number of esters is 2. The number of ether oxygens (including phenoxy) is 5. The Balaban J connectivity index is 0.790. The van der Waals surface area contributed by atoms with Gasteiger partial charge in [0.05, 0.1) is 38.9 Å². The Bertz CT molecular complexity index is 4490. The summed E-state index contributed by atoms with van der Waals surface area (Å²) in [6.07, 6.45) is 31.6. The van der Waals surface area contributed by atoms with Gasteiger partial charge >= 0.3 is 32.7 Å². The topological polar surface area (TPSA) is 483 Å². The summed E-state index contributed by atoms with van der Waals surface area (Å²) in [5, 5.41) is 24.7. The molecule has 2 aliphatic rings. The molecule has 3 aromatic heterocycles. The number of H-pyrrole nitrogens is 1. The zero-order valence-electron chi connectivity index (χ0n) is 77.9. The number of phosphoric acid groups is 1. The molecule has 1 aliphatic heterocycles. The summed E-state index contributed by atoms with van der Waals surface area (Å²) in [7, 11) is -5.06. The van der Waals surface area contributed by atoms with Gasteiger partial charge in [-0.1, -0.05) is 250 Å². The zero-order chi connectivity index (χ0) is 96.2. The van der Waals surface area contributed by atoms with Crippen molar-refractivity contribution in [2.45, 2.75) is 340 Å². The Morgan fingerprint density at radius 3 is 1.88 bits per heavy atom. The van der Waals surface area contributed by atoms with Crippen LogP contribution in [0.2, 0.25) is 0 Å². The molecule has 8 N–H and O–H groups in total. The number of imidazole rings is 1. The van der Waals surface area contributed by atoms with Gasteiger partial charge in [-0.2, -0.15) is 4.98 Å². The number of nitrogens with one attached hydrogen (secondary N) is 6. The van der Waals surface area contributed by atoms with Crippen LogP contribution in [-0.2, 0) is 101 Å². The van der Waals surface area contributed by atoms with E-state index in [-0.39, 0.29) is 93.8 Å². The first-order valence-corrected chi connectivity index (χ1v) is 52.8. The number of rotatable bonds is 70. The number of amides is 6. The summed E-state index contributed by atoms with van der Waals surface area (Å²) in [6.45, 7) is 2.36. The SMILES string of the molecule is CCCCCCCCCCCCCCCCCC(=O)OC[C@H](COP(=O)(O)OCCNC(=O)CCCC(=O)N[C@H](C(=O)N[C@@H](C)C(=O)Nc1ccc(COC(=O)N(C)Cc2ccccc2C(=O)Nc2nc3c(ncn3[C@@H]3O[C@H](CO[PH2]=O)[C@@H](O)[C@H]3O[P@](=O)(S)OC[C@H]3C[C@@H](Oc4ccncn4)C[C@@H]3OS)c(=O)[nH]2)cc1)C(C)C)OC(=O)CCCCCCCCCCCCCCCCC. The second kappa shape index (κ2) is 62.9. The fourth-order valence-electron chi connectivity index (χ4n) is 15.5. The monoisotopic (exact) mass is 1960 g/mol. The maximum atomic E-state index is 14.1. The molecule has 37 nitrogen and oxygen atoms in total. The van der Waals surface area contributed by atoms with E-state index >= 15 is 0 Å². The number of aliphatic hydroxyl groups is 1. The molecule has 1 saturated heterocycles. The lowest BCUT2D eigenvalue weighted by Gasteiger charge is -2.26. The normalized spacial score (nSPS) is 18.2. The number of hydrogen-bond donors (Lipinski definition) is 10. The number of hydrogen-bond acceptors (Lipinski definition) is 29. The third kappa shape index (κ3) is 43.2. The van der Waals surface area contributed by atoms with Gasteiger partial charge in [0.25, 0.3) is 11.5 Å². The number of benzene rings is 2. The lowest BCUT2D eigenvalue weighted by molar-refractivity contribution is -0.161. The fourth-order valence-corrected chi connectivity index (χ4v) is 18.3. The predicted octanol–water partition coefficient (Wildman–Crippen LogP) is 16.4. The molecule has 6 amide bonds. The molecule has 0 radical (unpaired) electrons. The van der Waals surface area contributed by atoms with Crippen molar-refractivity contribution < 1.29 is 113 Å². The summed E-state index contributed by atoms with van der Waals surface area (Å²) in [5.41, 5.74) is 0.0709. The average molecular weight is 1960 g/mol. The Labute approximate surface area is 793 Å². The van der Waals surface area contributed by atoms with Crippen LogP contribution in [0, 0.1) is 11.8 Å². The third-order valence-electron chi connectivity index (χ3n) is 23.0. The summed E-state index contributed by atoms with van der Waals surface area (Å²) in [6, 6.07) is 12.1. The number of carbonyl (C=O) groups excluding carboxylic acids is 8. The Morgan fingerprint density at radius 2 is 1.29 bits per heavy atom. The van der Waals surface area contributed by atoms with Crippen molar-refractivity contribution in [2.75, 3.05) is 57.3 Å². The van der Waals surface area contributed by atoms with E-state index in [1.807, 2.05) is 0 Å². The quantitative estimate of drug-likeness (QED) is 0.00431. The summed E-state index contributed by atoms with van der Waals surface area (Å²) in [4.78, 5) is 151. The first-order chi connectivity index (χ1) is 64.1. The highest BCUT2D eigenvalue weighted by Gasteiger charge is 2.50. The standard InChI is InChI=1S/C91H143N12O25P3S2/c1-7-9-11-13-15-17-19-21-23-25-27-29-31-33-35-44-78(106)118-59-71(125-79(107)45-36-34-32-30-28-26-24-22-20-18-16-14-12-10-8-2)60-122-130(115,116)121-53-52-93-75(104)42-39-43-76(105)98-80(64(3)4)87(111)96-65(5)85(109)97-69-48-46-66(47-49-69)57-119-91(113)102(6)56-67-40-37-38-41-72(67)86(110)100-90-99-84-81(88(112)101-90)95-63-103(84)89-83(82(108)74(126-89)61-120-129-114)127-131(117,133)123-58-68-54-70(55-73(68)128-132)124-77-50-51-92-62-94-77/h37-38,40-41,46-51,62-65,68,70-71,73-74,80,82-83,89,108,132H,7-36,39,42-45,52-61,129H2,1-6H3,(H,93,104)(H,96,111)(H,97,109)(H,98,105)(H,115,116)(H,117,133)(H2,99,100,101,110,112)/t65-,68+,70+,71+,73-,74+,80-,82+,83+,89+,131+/m0/s1. The van der Waals surface area contributed by atoms with Gasteiger partial charge < -0.3 is 73.1 Å². The van der Waals surface area contributed by atoms with Crippen LogP contribution in [0.3, 0.4) is 0 Å². The molecule has 13 atom stereocenters. The van der Waals surface area contributed by atoms with Crippen LogP contribution in [0.1, 0.15) is 300 Å². The number of fused-ring (bicyclic) bond motifs is 1. The molecule has 0 spiro atoms. The third-order valence-corrected chi connectivity index (χ3v) is 26.2. The van der Waals surface area contributed by atoms with Gasteiger partial charge in [-0.25, -0.2) is 28.9 Å². The number of thiol groups is 2. The van der Waals surface area contributed by atoms with Crippen LogP contribution in [0.25, 0.3) is 11.2 Å². The van der Waals surface area contributed by atoms with E-state index in [0.29, 0.717) is 48.4 Å². The van der Waals surface area contributed by atoms with Gasteiger partial charge in [-0.15, -0.1) is 0 Å². The highest BCUT2D eigenvalue weighted by Crippen LogP contribution is 2.57. The van der Waals surface area contributed by atoms with Crippen molar-refractivity contribution in [3.63, 3.8) is 0 Å². The molecule has 2 aromatic carbocycles. The maximum absolute atomic E-state index is 14.1. The van der Waals surface area contributed by atoms with E-state index in [2.05, 4.69) is 90.5 Å². The molecule has 4 heterocycles. The second-order valence-corrected chi connectivity index (χ2v) is 39.5. The van der Waals surface area contributed by atoms with Crippen molar-refractivity contribution in [1.29, 1.82) is 0 Å². The van der Waals surface area contributed by atoms with Crippen LogP contribution in [0.15, 0.2) is 78.2 Å². The van der Waals surface area contributed by atoms with Gasteiger partial charge in [0.15, 0.2) is 32.2 Å². The molecule has 1 saturated carbocycles. The average Bonchev–Trinajstić information content (AvgIpc) is 1.61. The molecule has 0 bridgehead atoms. The van der Waals surface area contributed by atoms with E-state index in [9.17, 15) is 66.8 Å². The van der Waals surface area contributed by atoms with Crippen LogP contribution >= 0.6 is 48.5 Å². The lowest BCUT2D eigenvalue weighted by Crippen LogP contribution is -2.53. The fraction of sp³-hybridized carbons (Fsp3) is 0.681. The van der Waals surface area contributed by atoms with Gasteiger partial charge in [0, 0.05) is 81.7 Å². The molecular formula is C91H143N12O25P3S2. The highest BCUT2D eigenvalue weighted by molar-refractivity contribution is 8.44. The van der Waals surface area contributed by atoms with Crippen LogP contribution in [0.4, 0.5) is 16.4 Å². The summed E-state index contributed by atoms with van der Waals surface area (Å²) < 4.78 is 101. The van der Waals surface area contributed by atoms with E-state index in [1.165, 1.54) is 177 Å². The molecule has 42 heteroatoms. The molecule has 744 valence electrons. The first kappa shape index (κ1) is 112. The number of aliphatic hydroxyl groups excluding tert-OH is 1. The largest absolute Gasteiger partial charge is 0.474 e. The van der Waals surface area contributed by atoms with Crippen molar-refractivity contribution >= 4 is 119 Å². The second-order valence-electron chi connectivity index (χ2n) is 34.4. The minimum absolute atomic E-state index is 0.0688. The van der Waals surface area contributed by atoms with E-state index in [0.717, 1.165) is 51.3 Å². The number of aromatic amines is 1. The minimum Gasteiger partial charge on any atom is -0.474 e. The van der Waals surface area contributed by atoms with Crippen molar-refractivity contribution in [2.24, 2.45) is 11.8 Å². The zero-order valence-corrected chi connectivity index (χ0v) is 82.7. The number of unbranched alkanes of at least 4 members (excludes halogenated alkanes) is 28. The summed E-state index contributed by atoms with van der Waals surface area (Å²) in [5.74, 6) is -4.90. The number of nitrogens with zero attached hydrogens (tertiary/aromatic N) is 6. The Hall–Kier alpha value is -7.74. The van der Waals surface area contributed by atoms with Gasteiger partial charge in [0.2, 0.25) is 35.5 Å². The smallest absolute Gasteiger partial charge is 0.472 e. The van der Waals surface area contributed by atoms with E-state index in [4.69, 9.17) is 50.5 Å². The number of anilines is 2. The molecule has 5 aromatic rings. The molecule has 1 aliphatic carbocycles. The lowest BCUT2D eigenvalue weighted by atomic mass is 10.0. The summed E-state index contributed by atoms with van der Waals surface area (Å²) >= 11 is 8.26. The Morgan fingerprint density at radius 1 is 0.684 bits per heavy atom. The van der Waals surface area contributed by atoms with E-state index in [1.54, 1.807) is 62.4 Å². The maximum Gasteiger partial charge on any atom is 0.472 e. The van der Waals surface area contributed by atoms with Crippen molar-refractivity contribution in [1.82, 2.24) is 50.3 Å². The van der Waals surface area contributed by atoms with Crippen LogP contribution in [0.5, 0.6) is 5.88 Å². The number of phosphoric ester groups is 1. The molecular weight excluding hydrogens is 1820 g/mol. The molecule has 7 rings (SSSR count).